The third-order valence-corrected chi connectivity index (χ3v) is 8.13. The molecule has 2 amide bonds. The summed E-state index contributed by atoms with van der Waals surface area (Å²) in [6, 6.07) is 0.0284. The fourth-order valence-electron chi connectivity index (χ4n) is 5.46. The molecule has 0 aliphatic rings. The molecule has 0 saturated carbocycles. The van der Waals surface area contributed by atoms with Gasteiger partial charge in [-0.05, 0) is 12.8 Å². The van der Waals surface area contributed by atoms with E-state index in [1.165, 1.54) is 180 Å². The molecule has 0 unspecified atom stereocenters. The third-order valence-electron chi connectivity index (χ3n) is 8.13. The van der Waals surface area contributed by atoms with Crippen molar-refractivity contribution in [3.8, 4) is 0 Å². The van der Waals surface area contributed by atoms with Crippen molar-refractivity contribution in [3.05, 3.63) is 0 Å². The highest BCUT2D eigenvalue weighted by atomic mass is 16.2. The van der Waals surface area contributed by atoms with Gasteiger partial charge in [-0.15, -0.1) is 0 Å². The zero-order valence-corrected chi connectivity index (χ0v) is 26.5. The fraction of sp³-hybridized carbons (Fsp3) is 0.971. The molecule has 0 aliphatic heterocycles. The molecule has 0 atom stereocenters. The average Bonchev–Trinajstić information content (AvgIpc) is 2.92. The van der Waals surface area contributed by atoms with E-state index in [0.29, 0.717) is 0 Å². The molecule has 0 aromatic carbocycles. The number of rotatable bonds is 32. The molecule has 0 spiro atoms. The van der Waals surface area contributed by atoms with Gasteiger partial charge >= 0.3 is 6.03 Å². The van der Waals surface area contributed by atoms with Crippen molar-refractivity contribution in [3.63, 3.8) is 0 Å². The van der Waals surface area contributed by atoms with Gasteiger partial charge in [0.25, 0.3) is 0 Å². The van der Waals surface area contributed by atoms with Crippen LogP contribution in [-0.4, -0.2) is 19.1 Å². The number of unbranched alkanes of at least 4 members (excludes halogenated alkanes) is 28. The Labute approximate surface area is 240 Å². The normalized spacial score (nSPS) is 11.2. The molecule has 2 N–H and O–H groups in total. The minimum atomic E-state index is 0.0284. The van der Waals surface area contributed by atoms with E-state index in [-0.39, 0.29) is 6.03 Å². The van der Waals surface area contributed by atoms with Gasteiger partial charge in [0, 0.05) is 13.1 Å². The van der Waals surface area contributed by atoms with Gasteiger partial charge in [-0.3, -0.25) is 0 Å². The van der Waals surface area contributed by atoms with Crippen LogP contribution in [0.3, 0.4) is 0 Å². The zero-order chi connectivity index (χ0) is 27.6. The van der Waals surface area contributed by atoms with Gasteiger partial charge in [0.1, 0.15) is 0 Å². The maximum atomic E-state index is 11.9. The molecule has 0 rings (SSSR count). The molecule has 0 aliphatic carbocycles. The SMILES string of the molecule is CCCCCCCCCCCCCCCCCCNC(=O)NCCCCCCCCCCCCCCCC. The highest BCUT2D eigenvalue weighted by molar-refractivity contribution is 5.73. The molecule has 38 heavy (non-hydrogen) atoms. The predicted octanol–water partition coefficient (Wildman–Crippen LogP) is 12.0. The number of nitrogens with one attached hydrogen (secondary N) is 2. The smallest absolute Gasteiger partial charge is 0.314 e. The van der Waals surface area contributed by atoms with Crippen LogP contribution in [0.4, 0.5) is 4.79 Å². The molecule has 3 nitrogen and oxygen atoms in total. The minimum absolute atomic E-state index is 0.0284. The van der Waals surface area contributed by atoms with E-state index in [1.54, 1.807) is 0 Å². The molecule has 0 bridgehead atoms. The topological polar surface area (TPSA) is 41.1 Å². The molecule has 0 aromatic heterocycles. The van der Waals surface area contributed by atoms with Crippen LogP contribution in [0.15, 0.2) is 0 Å². The van der Waals surface area contributed by atoms with E-state index in [2.05, 4.69) is 24.5 Å². The van der Waals surface area contributed by atoms with Crippen LogP contribution >= 0.6 is 0 Å². The second-order valence-corrected chi connectivity index (χ2v) is 12.1. The first-order valence-electron chi connectivity index (χ1n) is 17.8. The Morgan fingerprint density at radius 2 is 0.500 bits per heavy atom. The van der Waals surface area contributed by atoms with Crippen LogP contribution < -0.4 is 10.6 Å². The third kappa shape index (κ3) is 33.3. The number of carbonyl (C=O) groups excluding carboxylic acids is 1. The van der Waals surface area contributed by atoms with Crippen molar-refractivity contribution >= 4 is 6.03 Å². The summed E-state index contributed by atoms with van der Waals surface area (Å²) >= 11 is 0. The Balaban J connectivity index is 3.14. The van der Waals surface area contributed by atoms with Crippen LogP contribution in [0.5, 0.6) is 0 Å². The van der Waals surface area contributed by atoms with Crippen molar-refractivity contribution in [2.75, 3.05) is 13.1 Å². The first-order chi connectivity index (χ1) is 18.8. The number of hydrogen-bond donors (Lipinski definition) is 2. The van der Waals surface area contributed by atoms with E-state index < -0.39 is 0 Å². The number of amides is 2. The summed E-state index contributed by atoms with van der Waals surface area (Å²) < 4.78 is 0. The standard InChI is InChI=1S/C35H72N2O/c1-3-5-7-9-11-13-15-17-19-20-22-24-26-28-30-32-34-37-35(38)36-33-31-29-27-25-23-21-18-16-14-12-10-8-6-4-2/h3-34H2,1-2H3,(H2,36,37,38). The van der Waals surface area contributed by atoms with Crippen LogP contribution in [0.25, 0.3) is 0 Å². The zero-order valence-electron chi connectivity index (χ0n) is 26.5. The predicted molar refractivity (Wildman–Crippen MR) is 171 cm³/mol. The molecule has 228 valence electrons. The number of urea groups is 1. The first-order valence-corrected chi connectivity index (χ1v) is 17.8. The van der Waals surface area contributed by atoms with E-state index in [1.807, 2.05) is 0 Å². The van der Waals surface area contributed by atoms with E-state index in [9.17, 15) is 4.79 Å². The van der Waals surface area contributed by atoms with Crippen molar-refractivity contribution in [1.29, 1.82) is 0 Å². The van der Waals surface area contributed by atoms with Crippen molar-refractivity contribution in [1.82, 2.24) is 10.6 Å². The Morgan fingerprint density at radius 1 is 0.316 bits per heavy atom. The fourth-order valence-corrected chi connectivity index (χ4v) is 5.46. The van der Waals surface area contributed by atoms with Crippen LogP contribution in [0.2, 0.25) is 0 Å². The van der Waals surface area contributed by atoms with Gasteiger partial charge in [-0.1, -0.05) is 194 Å². The monoisotopic (exact) mass is 537 g/mol. The van der Waals surface area contributed by atoms with Gasteiger partial charge in [0.2, 0.25) is 0 Å². The van der Waals surface area contributed by atoms with E-state index >= 15 is 0 Å². The Kier molecular flexibility index (Phi) is 33.6. The number of hydrogen-bond acceptors (Lipinski definition) is 1. The molecule has 0 aromatic rings. The molecule has 0 radical (unpaired) electrons. The molecule has 0 saturated heterocycles. The minimum Gasteiger partial charge on any atom is -0.338 e. The maximum Gasteiger partial charge on any atom is 0.314 e. The van der Waals surface area contributed by atoms with Gasteiger partial charge in [-0.25, -0.2) is 4.79 Å². The van der Waals surface area contributed by atoms with Crippen molar-refractivity contribution in [2.45, 2.75) is 206 Å². The number of carbonyl (C=O) groups is 1. The van der Waals surface area contributed by atoms with Gasteiger partial charge in [-0.2, -0.15) is 0 Å². The average molecular weight is 537 g/mol. The van der Waals surface area contributed by atoms with Gasteiger partial charge < -0.3 is 10.6 Å². The van der Waals surface area contributed by atoms with Crippen molar-refractivity contribution < 1.29 is 4.79 Å². The maximum absolute atomic E-state index is 11.9. The molecule has 3 heteroatoms. The van der Waals surface area contributed by atoms with Crippen molar-refractivity contribution in [2.24, 2.45) is 0 Å². The Bertz CT molecular complexity index is 440. The lowest BCUT2D eigenvalue weighted by Crippen LogP contribution is -2.36. The van der Waals surface area contributed by atoms with E-state index in [0.717, 1.165) is 25.9 Å². The highest BCUT2D eigenvalue weighted by Gasteiger charge is 2.00. The summed E-state index contributed by atoms with van der Waals surface area (Å²) in [5, 5.41) is 6.06. The summed E-state index contributed by atoms with van der Waals surface area (Å²) in [6.07, 6.45) is 41.4. The van der Waals surface area contributed by atoms with Crippen LogP contribution in [-0.2, 0) is 0 Å². The van der Waals surface area contributed by atoms with Gasteiger partial charge in [0.05, 0.1) is 0 Å². The lowest BCUT2D eigenvalue weighted by Gasteiger charge is -2.08. The molecule has 0 fully saturated rings. The highest BCUT2D eigenvalue weighted by Crippen LogP contribution is 2.14. The van der Waals surface area contributed by atoms with E-state index in [4.69, 9.17) is 0 Å². The quantitative estimate of drug-likeness (QED) is 0.0824. The molecule has 0 heterocycles. The second-order valence-electron chi connectivity index (χ2n) is 12.1. The lowest BCUT2D eigenvalue weighted by molar-refractivity contribution is 0.240. The van der Waals surface area contributed by atoms with Crippen LogP contribution in [0.1, 0.15) is 206 Å². The summed E-state index contributed by atoms with van der Waals surface area (Å²) in [7, 11) is 0. The summed E-state index contributed by atoms with van der Waals surface area (Å²) in [4.78, 5) is 11.9. The largest absolute Gasteiger partial charge is 0.338 e. The Morgan fingerprint density at radius 3 is 0.711 bits per heavy atom. The van der Waals surface area contributed by atoms with Crippen LogP contribution in [0, 0.1) is 0 Å². The lowest BCUT2D eigenvalue weighted by atomic mass is 10.0. The van der Waals surface area contributed by atoms with Gasteiger partial charge in [0.15, 0.2) is 0 Å². The molecular formula is C35H72N2O. The Hall–Kier alpha value is -0.730. The first kappa shape index (κ1) is 37.3. The summed E-state index contributed by atoms with van der Waals surface area (Å²) in [5.41, 5.74) is 0. The summed E-state index contributed by atoms with van der Waals surface area (Å²) in [6.45, 7) is 6.22. The summed E-state index contributed by atoms with van der Waals surface area (Å²) in [5.74, 6) is 0. The molecular weight excluding hydrogens is 464 g/mol. The second kappa shape index (κ2) is 34.3.